The highest BCUT2D eigenvalue weighted by molar-refractivity contribution is 6.17. The van der Waals surface area contributed by atoms with Gasteiger partial charge in [0.2, 0.25) is 0 Å². The second kappa shape index (κ2) is 10.5. The number of esters is 2. The third kappa shape index (κ3) is 8.30. The number of carbonyl (C=O) groups excluding carboxylic acids is 2. The molecule has 0 radical (unpaired) electrons. The highest BCUT2D eigenvalue weighted by Gasteiger charge is 2.07. The Hall–Kier alpha value is -1.44. The van der Waals surface area contributed by atoms with E-state index in [1.54, 1.807) is 0 Å². The molecule has 0 aromatic carbocycles. The molecule has 0 aromatic rings. The molecule has 7 heteroatoms. The fraction of sp³-hybridized carbons (Fsp3) is 0.500. The number of hydrogen-bond donors (Lipinski definition) is 0. The highest BCUT2D eigenvalue weighted by Crippen LogP contribution is 2.01. The smallest absolute Gasteiger partial charge is 0.333 e. The van der Waals surface area contributed by atoms with Gasteiger partial charge in [0, 0.05) is 37.2 Å². The molecule has 0 atom stereocenters. The Kier molecular flexibility index (Phi) is 9.68. The van der Waals surface area contributed by atoms with Crippen molar-refractivity contribution in [2.45, 2.75) is 12.8 Å². The van der Waals surface area contributed by atoms with Gasteiger partial charge in [-0.1, -0.05) is 13.2 Å². The van der Waals surface area contributed by atoms with E-state index < -0.39 is 21.9 Å². The normalized spacial score (nSPS) is 9.79. The number of ether oxygens (including phenoxy) is 2. The number of rotatable bonds is 10. The van der Waals surface area contributed by atoms with Crippen molar-refractivity contribution in [2.24, 2.45) is 0 Å². The summed E-state index contributed by atoms with van der Waals surface area (Å²) in [6, 6.07) is 0. The van der Waals surface area contributed by atoms with Gasteiger partial charge in [0.05, 0.1) is 14.2 Å². The van der Waals surface area contributed by atoms with Crippen LogP contribution in [-0.4, -0.2) is 49.4 Å². The third-order valence-electron chi connectivity index (χ3n) is 2.21. The number of carbonyl (C=O) groups is 2. The number of hydrogen-bond acceptors (Lipinski definition) is 6. The summed E-state index contributed by atoms with van der Waals surface area (Å²) in [6.07, 6.45) is 0.829. The lowest BCUT2D eigenvalue weighted by Gasteiger charge is -2.07. The molecule has 0 amide bonds. The molecule has 0 rings (SSSR count). The van der Waals surface area contributed by atoms with Gasteiger partial charge in [-0.15, -0.1) is 0 Å². The monoisotopic (exact) mass is 288 g/mol. The van der Waals surface area contributed by atoms with Gasteiger partial charge in [0.25, 0.3) is 0 Å². The van der Waals surface area contributed by atoms with Gasteiger partial charge in [0.1, 0.15) is 0 Å². The molecule has 0 bridgehead atoms. The SMILES string of the molecule is C=C(CCO[SiH2]OCCC(=C)C(=O)OC)C(=O)OC. The van der Waals surface area contributed by atoms with Gasteiger partial charge < -0.3 is 18.3 Å². The Morgan fingerprint density at radius 1 is 0.895 bits per heavy atom. The molecular weight excluding hydrogens is 268 g/mol. The second-order valence-electron chi connectivity index (χ2n) is 3.62. The molecule has 0 aromatic heterocycles. The van der Waals surface area contributed by atoms with E-state index in [0.29, 0.717) is 37.2 Å². The van der Waals surface area contributed by atoms with Crippen LogP contribution in [-0.2, 0) is 27.9 Å². The molecule has 0 unspecified atom stereocenters. The second-order valence-corrected chi connectivity index (χ2v) is 4.68. The Labute approximate surface area is 115 Å². The van der Waals surface area contributed by atoms with Gasteiger partial charge in [-0.3, -0.25) is 0 Å². The zero-order chi connectivity index (χ0) is 14.7. The average molecular weight is 288 g/mol. The quantitative estimate of drug-likeness (QED) is 0.248. The summed E-state index contributed by atoms with van der Waals surface area (Å²) in [5, 5.41) is 0. The van der Waals surface area contributed by atoms with Crippen molar-refractivity contribution in [3.8, 4) is 0 Å². The summed E-state index contributed by atoms with van der Waals surface area (Å²) in [7, 11) is 1.49. The molecular formula is C12H20O6Si. The first-order valence-electron chi connectivity index (χ1n) is 5.70. The molecule has 108 valence electrons. The Morgan fingerprint density at radius 2 is 1.26 bits per heavy atom. The average Bonchev–Trinajstić information content (AvgIpc) is 2.43. The van der Waals surface area contributed by atoms with E-state index in [1.807, 2.05) is 0 Å². The van der Waals surface area contributed by atoms with Crippen molar-refractivity contribution in [1.29, 1.82) is 0 Å². The summed E-state index contributed by atoms with van der Waals surface area (Å²) >= 11 is 0. The molecule has 0 saturated carbocycles. The van der Waals surface area contributed by atoms with Crippen LogP contribution in [0.4, 0.5) is 0 Å². The first kappa shape index (κ1) is 17.6. The molecule has 0 heterocycles. The van der Waals surface area contributed by atoms with Crippen LogP contribution in [0.15, 0.2) is 24.3 Å². The lowest BCUT2D eigenvalue weighted by Crippen LogP contribution is -2.12. The van der Waals surface area contributed by atoms with Crippen molar-refractivity contribution < 1.29 is 27.9 Å². The van der Waals surface area contributed by atoms with Crippen LogP contribution in [0.25, 0.3) is 0 Å². The highest BCUT2D eigenvalue weighted by atomic mass is 28.3. The maximum atomic E-state index is 11.0. The maximum absolute atomic E-state index is 11.0. The summed E-state index contributed by atoms with van der Waals surface area (Å²) in [5.41, 5.74) is 0.742. The number of methoxy groups -OCH3 is 2. The van der Waals surface area contributed by atoms with E-state index >= 15 is 0 Å². The van der Waals surface area contributed by atoms with E-state index in [0.717, 1.165) is 0 Å². The van der Waals surface area contributed by atoms with E-state index in [-0.39, 0.29) is 0 Å². The summed E-state index contributed by atoms with van der Waals surface area (Å²) in [5.74, 6) is -0.860. The van der Waals surface area contributed by atoms with Crippen LogP contribution in [0, 0.1) is 0 Å². The van der Waals surface area contributed by atoms with Crippen molar-refractivity contribution in [3.63, 3.8) is 0 Å². The fourth-order valence-electron chi connectivity index (χ4n) is 1.06. The molecule has 0 aliphatic carbocycles. The third-order valence-corrected chi connectivity index (χ3v) is 3.12. The summed E-state index contributed by atoms with van der Waals surface area (Å²) < 4.78 is 19.5. The first-order chi connectivity index (χ1) is 9.02. The first-order valence-corrected chi connectivity index (χ1v) is 6.86. The van der Waals surface area contributed by atoms with Crippen LogP contribution < -0.4 is 0 Å². The van der Waals surface area contributed by atoms with Crippen LogP contribution in [0.2, 0.25) is 0 Å². The van der Waals surface area contributed by atoms with E-state index in [2.05, 4.69) is 22.6 Å². The minimum atomic E-state index is -1.12. The molecule has 6 nitrogen and oxygen atoms in total. The molecule has 0 saturated heterocycles. The lowest BCUT2D eigenvalue weighted by atomic mass is 10.2. The predicted octanol–water partition coefficient (Wildman–Crippen LogP) is 0.257. The van der Waals surface area contributed by atoms with Crippen molar-refractivity contribution >= 4 is 21.9 Å². The summed E-state index contributed by atoms with van der Waals surface area (Å²) in [4.78, 5) is 22.0. The fourth-order valence-corrected chi connectivity index (χ4v) is 1.70. The Balaban J connectivity index is 3.46. The van der Waals surface area contributed by atoms with Crippen molar-refractivity contribution in [2.75, 3.05) is 27.4 Å². The zero-order valence-electron chi connectivity index (χ0n) is 11.4. The molecule has 0 fully saturated rings. The van der Waals surface area contributed by atoms with Crippen molar-refractivity contribution in [3.05, 3.63) is 24.3 Å². The zero-order valence-corrected chi connectivity index (χ0v) is 12.8. The summed E-state index contributed by atoms with van der Waals surface area (Å²) in [6.45, 7) is 7.88. The van der Waals surface area contributed by atoms with Crippen LogP contribution in [0.1, 0.15) is 12.8 Å². The van der Waals surface area contributed by atoms with Crippen LogP contribution in [0.5, 0.6) is 0 Å². The Bertz CT molecular complexity index is 307. The Morgan fingerprint density at radius 3 is 1.58 bits per heavy atom. The van der Waals surface area contributed by atoms with Crippen LogP contribution >= 0.6 is 0 Å². The van der Waals surface area contributed by atoms with Gasteiger partial charge in [-0.25, -0.2) is 9.59 Å². The van der Waals surface area contributed by atoms with Crippen molar-refractivity contribution in [1.82, 2.24) is 0 Å². The molecule has 19 heavy (non-hydrogen) atoms. The van der Waals surface area contributed by atoms with E-state index in [9.17, 15) is 9.59 Å². The molecule has 0 aliphatic heterocycles. The predicted molar refractivity (Wildman–Crippen MR) is 72.0 cm³/mol. The topological polar surface area (TPSA) is 71.1 Å². The van der Waals surface area contributed by atoms with Gasteiger partial charge in [0.15, 0.2) is 0 Å². The minimum absolute atomic E-state index is 0.371. The van der Waals surface area contributed by atoms with Gasteiger partial charge in [-0.05, 0) is 0 Å². The molecule has 0 N–H and O–H groups in total. The standard InChI is InChI=1S/C12H20O6Si/c1-9(11(13)15-3)5-7-17-19-18-8-6-10(2)12(14)16-4/h1-2,5-8,19H2,3-4H3. The van der Waals surface area contributed by atoms with E-state index in [4.69, 9.17) is 8.85 Å². The lowest BCUT2D eigenvalue weighted by molar-refractivity contribution is -0.137. The van der Waals surface area contributed by atoms with Crippen LogP contribution in [0.3, 0.4) is 0 Å². The van der Waals surface area contributed by atoms with Gasteiger partial charge in [-0.2, -0.15) is 0 Å². The molecule has 0 aliphatic rings. The maximum Gasteiger partial charge on any atom is 0.333 e. The van der Waals surface area contributed by atoms with E-state index in [1.165, 1.54) is 14.2 Å². The largest absolute Gasteiger partial charge is 0.466 e. The minimum Gasteiger partial charge on any atom is -0.466 e. The van der Waals surface area contributed by atoms with Gasteiger partial charge >= 0.3 is 21.9 Å². The molecule has 0 spiro atoms.